The summed E-state index contributed by atoms with van der Waals surface area (Å²) in [5.74, 6) is -0.574. The zero-order valence-electron chi connectivity index (χ0n) is 17.5. The van der Waals surface area contributed by atoms with Crippen LogP contribution in [0.5, 0.6) is 0 Å². The lowest BCUT2D eigenvalue weighted by Gasteiger charge is -2.14. The second-order valence-electron chi connectivity index (χ2n) is 7.67. The molecular weight excluding hydrogens is 362 g/mol. The molecule has 0 radical (unpaired) electrons. The molecule has 0 aliphatic heterocycles. The Labute approximate surface area is 171 Å². The molecule has 5 heteroatoms. The molecule has 0 spiro atoms. The van der Waals surface area contributed by atoms with Gasteiger partial charge in [0.15, 0.2) is 0 Å². The van der Waals surface area contributed by atoms with Crippen LogP contribution >= 0.6 is 0 Å². The summed E-state index contributed by atoms with van der Waals surface area (Å²) in [6.45, 7) is 9.23. The highest BCUT2D eigenvalue weighted by Gasteiger charge is 2.14. The summed E-state index contributed by atoms with van der Waals surface area (Å²) in [4.78, 5) is 27.3. The van der Waals surface area contributed by atoms with Crippen LogP contribution in [-0.2, 0) is 9.59 Å². The first-order valence-corrected chi connectivity index (χ1v) is 9.73. The van der Waals surface area contributed by atoms with Crippen LogP contribution in [0.2, 0.25) is 0 Å². The number of nitrogens with one attached hydrogen (secondary N) is 3. The van der Waals surface area contributed by atoms with Crippen molar-refractivity contribution in [3.8, 4) is 11.1 Å². The molecule has 0 bridgehead atoms. The summed E-state index contributed by atoms with van der Waals surface area (Å²) < 4.78 is 0. The van der Waals surface area contributed by atoms with Gasteiger partial charge >= 0.3 is 0 Å². The molecule has 0 unspecified atom stereocenters. The highest BCUT2D eigenvalue weighted by atomic mass is 16.2. The third-order valence-electron chi connectivity index (χ3n) is 4.75. The first-order valence-electron chi connectivity index (χ1n) is 9.73. The molecule has 3 rings (SSSR count). The van der Waals surface area contributed by atoms with Crippen molar-refractivity contribution >= 4 is 28.8 Å². The predicted molar refractivity (Wildman–Crippen MR) is 118 cm³/mol. The van der Waals surface area contributed by atoms with Crippen molar-refractivity contribution in [2.24, 2.45) is 0 Å². The van der Waals surface area contributed by atoms with Gasteiger partial charge < -0.3 is 15.6 Å². The fraction of sp³-hybridized carbons (Fsp3) is 0.250. The summed E-state index contributed by atoms with van der Waals surface area (Å²) in [6.07, 6.45) is 3.67. The number of hydrogen-bond acceptors (Lipinski definition) is 2. The molecule has 0 atom stereocenters. The largest absolute Gasteiger partial charge is 0.361 e. The Balaban J connectivity index is 2.01. The van der Waals surface area contributed by atoms with Crippen LogP contribution in [-0.4, -0.2) is 22.8 Å². The van der Waals surface area contributed by atoms with E-state index in [0.717, 1.165) is 33.3 Å². The van der Waals surface area contributed by atoms with Gasteiger partial charge in [0.2, 0.25) is 5.91 Å². The van der Waals surface area contributed by atoms with Gasteiger partial charge in [-0.15, -0.1) is 0 Å². The molecule has 29 heavy (non-hydrogen) atoms. The minimum atomic E-state index is -0.297. The molecule has 0 aliphatic rings. The van der Waals surface area contributed by atoms with E-state index in [1.54, 1.807) is 6.08 Å². The minimum absolute atomic E-state index is 0.0202. The lowest BCUT2D eigenvalue weighted by Crippen LogP contribution is -2.37. The Morgan fingerprint density at radius 2 is 1.79 bits per heavy atom. The van der Waals surface area contributed by atoms with E-state index in [1.165, 1.54) is 12.3 Å². The number of carbonyl (C=O) groups is 2. The second-order valence-corrected chi connectivity index (χ2v) is 7.67. The number of amides is 2. The Kier molecular flexibility index (Phi) is 5.87. The molecule has 2 aromatic carbocycles. The monoisotopic (exact) mass is 389 g/mol. The van der Waals surface area contributed by atoms with E-state index in [2.05, 4.69) is 58.9 Å². The fourth-order valence-electron chi connectivity index (χ4n) is 3.37. The fourth-order valence-corrected chi connectivity index (χ4v) is 3.37. The van der Waals surface area contributed by atoms with Crippen LogP contribution < -0.4 is 10.6 Å². The molecule has 150 valence electrons. The Hall–Kier alpha value is -3.34. The number of aromatic nitrogens is 1. The van der Waals surface area contributed by atoms with Crippen LogP contribution in [0.25, 0.3) is 28.1 Å². The van der Waals surface area contributed by atoms with Gasteiger partial charge in [-0.1, -0.05) is 18.2 Å². The van der Waals surface area contributed by atoms with Gasteiger partial charge in [0, 0.05) is 24.7 Å². The maximum atomic E-state index is 12.5. The molecule has 1 aromatic heterocycles. The quantitative estimate of drug-likeness (QED) is 0.564. The summed E-state index contributed by atoms with van der Waals surface area (Å²) in [7, 11) is 0. The van der Waals surface area contributed by atoms with Gasteiger partial charge in [-0.05, 0) is 85.2 Å². The van der Waals surface area contributed by atoms with Crippen molar-refractivity contribution in [2.75, 3.05) is 0 Å². The van der Waals surface area contributed by atoms with Crippen LogP contribution in [0.1, 0.15) is 37.5 Å². The molecule has 0 fully saturated rings. The summed E-state index contributed by atoms with van der Waals surface area (Å²) in [6, 6.07) is 12.6. The van der Waals surface area contributed by atoms with Gasteiger partial charge in [0.1, 0.15) is 5.70 Å². The van der Waals surface area contributed by atoms with E-state index in [1.807, 2.05) is 27.0 Å². The van der Waals surface area contributed by atoms with Crippen molar-refractivity contribution in [3.63, 3.8) is 0 Å². The highest BCUT2D eigenvalue weighted by molar-refractivity contribution is 6.01. The van der Waals surface area contributed by atoms with Crippen LogP contribution in [0.4, 0.5) is 0 Å². The van der Waals surface area contributed by atoms with Gasteiger partial charge in [0.25, 0.3) is 5.91 Å². The highest BCUT2D eigenvalue weighted by Crippen LogP contribution is 2.29. The molecular formula is C24H27N3O2. The number of aromatic amines is 1. The summed E-state index contributed by atoms with van der Waals surface area (Å²) in [5.41, 5.74) is 6.68. The number of carbonyl (C=O) groups excluding carboxylic acids is 2. The molecule has 5 nitrogen and oxygen atoms in total. The smallest absolute Gasteiger partial charge is 0.268 e. The molecule has 2 amide bonds. The normalized spacial score (nSPS) is 11.7. The Bertz CT molecular complexity index is 1110. The van der Waals surface area contributed by atoms with Gasteiger partial charge in [0.05, 0.1) is 0 Å². The average Bonchev–Trinajstić information content (AvgIpc) is 3.10. The first-order chi connectivity index (χ1) is 13.7. The van der Waals surface area contributed by atoms with Gasteiger partial charge in [-0.2, -0.15) is 0 Å². The van der Waals surface area contributed by atoms with E-state index < -0.39 is 0 Å². The molecule has 0 saturated carbocycles. The van der Waals surface area contributed by atoms with Crippen molar-refractivity contribution in [1.29, 1.82) is 0 Å². The summed E-state index contributed by atoms with van der Waals surface area (Å²) in [5, 5.41) is 6.65. The molecule has 3 aromatic rings. The predicted octanol–water partition coefficient (Wildman–Crippen LogP) is 4.45. The first kappa shape index (κ1) is 20.4. The lowest BCUT2D eigenvalue weighted by atomic mass is 9.94. The van der Waals surface area contributed by atoms with E-state index in [4.69, 9.17) is 0 Å². The number of benzene rings is 2. The minimum Gasteiger partial charge on any atom is -0.361 e. The van der Waals surface area contributed by atoms with E-state index >= 15 is 0 Å². The second kappa shape index (κ2) is 8.35. The Morgan fingerprint density at radius 1 is 1.03 bits per heavy atom. The topological polar surface area (TPSA) is 74.0 Å². The Morgan fingerprint density at radius 3 is 2.48 bits per heavy atom. The van der Waals surface area contributed by atoms with Gasteiger partial charge in [-0.25, -0.2) is 0 Å². The molecule has 3 N–H and O–H groups in total. The maximum absolute atomic E-state index is 12.5. The van der Waals surface area contributed by atoms with E-state index in [0.29, 0.717) is 0 Å². The van der Waals surface area contributed by atoms with Crippen molar-refractivity contribution in [1.82, 2.24) is 15.6 Å². The third kappa shape index (κ3) is 4.74. The van der Waals surface area contributed by atoms with Crippen molar-refractivity contribution < 1.29 is 9.59 Å². The number of aryl methyl sites for hydroxylation is 2. The molecule has 1 heterocycles. The van der Waals surface area contributed by atoms with E-state index in [9.17, 15) is 9.59 Å². The zero-order valence-corrected chi connectivity index (χ0v) is 17.5. The van der Waals surface area contributed by atoms with Gasteiger partial charge in [-0.3, -0.25) is 9.59 Å². The molecule has 0 saturated heterocycles. The van der Waals surface area contributed by atoms with E-state index in [-0.39, 0.29) is 23.6 Å². The number of hydrogen-bond donors (Lipinski definition) is 3. The standard InChI is InChI=1S/C24H27N3O2/c1-14(2)26-24(29)23(27-17(5)28)13-20-10-16(4)21(11-15(20)3)18-6-7-22-19(12-18)8-9-25-22/h6-14,25H,1-5H3,(H,26,29)(H,27,28)/b23-13-. The average molecular weight is 389 g/mol. The van der Waals surface area contributed by atoms with Crippen molar-refractivity contribution in [2.45, 2.75) is 40.7 Å². The van der Waals surface area contributed by atoms with Crippen LogP contribution in [0, 0.1) is 13.8 Å². The number of rotatable bonds is 5. The SMILES string of the molecule is CC(=O)N/C(=C\c1cc(C)c(-c2ccc3[nH]ccc3c2)cc1C)C(=O)NC(C)C. The molecule has 0 aliphatic carbocycles. The zero-order chi connectivity index (χ0) is 21.1. The summed E-state index contributed by atoms with van der Waals surface area (Å²) >= 11 is 0. The van der Waals surface area contributed by atoms with Crippen LogP contribution in [0.15, 0.2) is 48.3 Å². The maximum Gasteiger partial charge on any atom is 0.268 e. The van der Waals surface area contributed by atoms with Crippen molar-refractivity contribution in [3.05, 3.63) is 65.0 Å². The lowest BCUT2D eigenvalue weighted by molar-refractivity contribution is -0.122. The number of H-pyrrole nitrogens is 1. The van der Waals surface area contributed by atoms with Crippen LogP contribution in [0.3, 0.4) is 0 Å². The third-order valence-corrected chi connectivity index (χ3v) is 4.75. The number of fused-ring (bicyclic) bond motifs is 1.